The molecule has 1 heterocycles. The molecule has 98 valence electrons. The minimum absolute atomic E-state index is 0.667. The zero-order valence-corrected chi connectivity index (χ0v) is 13.0. The molecule has 0 fully saturated rings. The monoisotopic (exact) mass is 333 g/mol. The van der Waals surface area contributed by atoms with Gasteiger partial charge in [0.15, 0.2) is 0 Å². The quantitative estimate of drug-likeness (QED) is 0.897. The highest BCUT2D eigenvalue weighted by molar-refractivity contribution is 9.10. The van der Waals surface area contributed by atoms with E-state index < -0.39 is 0 Å². The Morgan fingerprint density at radius 3 is 2.74 bits per heavy atom. The fourth-order valence-corrected chi connectivity index (χ4v) is 4.09. The van der Waals surface area contributed by atoms with E-state index in [9.17, 15) is 0 Å². The summed E-state index contributed by atoms with van der Waals surface area (Å²) in [6.45, 7) is 1.98. The highest BCUT2D eigenvalue weighted by Gasteiger charge is 2.21. The molecular weight excluding hydrogens is 318 g/mol. The molecule has 1 unspecified atom stereocenters. The second-order valence-corrected chi connectivity index (χ2v) is 6.97. The molecule has 1 aliphatic rings. The Labute approximate surface area is 126 Å². The lowest BCUT2D eigenvalue weighted by Gasteiger charge is -2.11. The number of halogens is 1. The van der Waals surface area contributed by atoms with Crippen molar-refractivity contribution in [2.45, 2.75) is 23.1 Å². The van der Waals surface area contributed by atoms with E-state index in [-0.39, 0.29) is 0 Å². The zero-order chi connectivity index (χ0) is 13.1. The Hall–Kier alpha value is -0.770. The molecule has 1 N–H and O–H groups in total. The molecule has 0 aromatic heterocycles. The second-order valence-electron chi connectivity index (χ2n) is 4.77. The Morgan fingerprint density at radius 1 is 1.11 bits per heavy atom. The molecule has 2 aromatic rings. The summed E-state index contributed by atoms with van der Waals surface area (Å²) >= 11 is 5.59. The van der Waals surface area contributed by atoms with Crippen LogP contribution in [0.5, 0.6) is 0 Å². The summed E-state index contributed by atoms with van der Waals surface area (Å²) in [5, 5.41) is 4.24. The predicted molar refractivity (Wildman–Crippen MR) is 85.6 cm³/mol. The van der Waals surface area contributed by atoms with Gasteiger partial charge in [-0.15, -0.1) is 11.8 Å². The molecule has 19 heavy (non-hydrogen) atoms. The van der Waals surface area contributed by atoms with Crippen molar-refractivity contribution in [1.82, 2.24) is 5.32 Å². The van der Waals surface area contributed by atoms with E-state index in [0.717, 1.165) is 13.1 Å². The predicted octanol–water partition coefficient (Wildman–Crippen LogP) is 4.26. The third kappa shape index (κ3) is 3.22. The first-order chi connectivity index (χ1) is 9.33. The van der Waals surface area contributed by atoms with E-state index in [1.807, 2.05) is 11.8 Å². The number of hydrogen-bond donors (Lipinski definition) is 1. The average Bonchev–Trinajstić information content (AvgIpc) is 2.83. The van der Waals surface area contributed by atoms with Crippen molar-refractivity contribution in [3.8, 4) is 0 Å². The van der Waals surface area contributed by atoms with E-state index >= 15 is 0 Å². The van der Waals surface area contributed by atoms with Crippen molar-refractivity contribution < 1.29 is 0 Å². The van der Waals surface area contributed by atoms with Gasteiger partial charge in [0, 0.05) is 27.7 Å². The lowest BCUT2D eigenvalue weighted by atomic mass is 10.1. The molecule has 0 amide bonds. The number of fused-ring (bicyclic) bond motifs is 1. The second kappa shape index (κ2) is 6.12. The number of hydrogen-bond acceptors (Lipinski definition) is 2. The molecule has 3 rings (SSSR count). The molecule has 0 radical (unpaired) electrons. The standard InChI is InChI=1S/C16H16BrNS/c17-15-7-3-1-6-13(15)10-18-11-14-9-12-5-2-4-8-16(12)19-14/h1-8,14,18H,9-11H2. The molecule has 1 nitrogen and oxygen atoms in total. The minimum Gasteiger partial charge on any atom is -0.312 e. The van der Waals surface area contributed by atoms with Crippen molar-refractivity contribution >= 4 is 27.7 Å². The largest absolute Gasteiger partial charge is 0.312 e. The van der Waals surface area contributed by atoms with Crippen LogP contribution in [0.4, 0.5) is 0 Å². The summed E-state index contributed by atoms with van der Waals surface area (Å²) in [6.07, 6.45) is 1.18. The Balaban J connectivity index is 1.51. The number of nitrogens with one attached hydrogen (secondary N) is 1. The fraction of sp³-hybridized carbons (Fsp3) is 0.250. The van der Waals surface area contributed by atoms with Crippen LogP contribution in [0.3, 0.4) is 0 Å². The average molecular weight is 334 g/mol. The summed E-state index contributed by atoms with van der Waals surface area (Å²) in [4.78, 5) is 1.45. The molecule has 3 heteroatoms. The Bertz CT molecular complexity index is 545. The van der Waals surface area contributed by atoms with E-state index in [4.69, 9.17) is 0 Å². The van der Waals surface area contributed by atoms with Crippen LogP contribution in [-0.2, 0) is 13.0 Å². The van der Waals surface area contributed by atoms with Gasteiger partial charge < -0.3 is 5.32 Å². The van der Waals surface area contributed by atoms with Crippen LogP contribution in [0, 0.1) is 0 Å². The van der Waals surface area contributed by atoms with E-state index in [1.54, 1.807) is 0 Å². The fourth-order valence-electron chi connectivity index (χ4n) is 2.38. The minimum atomic E-state index is 0.667. The molecule has 0 saturated heterocycles. The third-order valence-corrected chi connectivity index (χ3v) is 5.45. The SMILES string of the molecule is Brc1ccccc1CNCC1Cc2ccccc2S1. The smallest absolute Gasteiger partial charge is 0.0260 e. The first kappa shape index (κ1) is 13.2. The van der Waals surface area contributed by atoms with Gasteiger partial charge in [-0.05, 0) is 29.7 Å². The van der Waals surface area contributed by atoms with Gasteiger partial charge in [-0.2, -0.15) is 0 Å². The van der Waals surface area contributed by atoms with E-state index in [1.165, 1.54) is 26.9 Å². The van der Waals surface area contributed by atoms with Crippen LogP contribution >= 0.6 is 27.7 Å². The lowest BCUT2D eigenvalue weighted by molar-refractivity contribution is 0.664. The van der Waals surface area contributed by atoms with E-state index in [2.05, 4.69) is 69.8 Å². The van der Waals surface area contributed by atoms with Crippen LogP contribution in [0.2, 0.25) is 0 Å². The number of rotatable bonds is 4. The zero-order valence-electron chi connectivity index (χ0n) is 10.6. The highest BCUT2D eigenvalue weighted by atomic mass is 79.9. The summed E-state index contributed by atoms with van der Waals surface area (Å²) in [5.41, 5.74) is 2.82. The first-order valence-electron chi connectivity index (χ1n) is 6.51. The summed E-state index contributed by atoms with van der Waals surface area (Å²) < 4.78 is 1.19. The van der Waals surface area contributed by atoms with E-state index in [0.29, 0.717) is 5.25 Å². The maximum atomic E-state index is 3.59. The Morgan fingerprint density at radius 2 is 1.89 bits per heavy atom. The van der Waals surface area contributed by atoms with Gasteiger partial charge in [-0.3, -0.25) is 0 Å². The molecule has 0 bridgehead atoms. The maximum Gasteiger partial charge on any atom is 0.0260 e. The van der Waals surface area contributed by atoms with Crippen molar-refractivity contribution in [2.24, 2.45) is 0 Å². The molecule has 0 aliphatic carbocycles. The molecule has 0 spiro atoms. The summed E-state index contributed by atoms with van der Waals surface area (Å²) in [5.74, 6) is 0. The van der Waals surface area contributed by atoms with Crippen LogP contribution in [0.25, 0.3) is 0 Å². The van der Waals surface area contributed by atoms with Crippen LogP contribution in [0.15, 0.2) is 57.9 Å². The van der Waals surface area contributed by atoms with Crippen LogP contribution in [-0.4, -0.2) is 11.8 Å². The summed E-state index contributed by atoms with van der Waals surface area (Å²) in [7, 11) is 0. The van der Waals surface area contributed by atoms with Gasteiger partial charge in [0.25, 0.3) is 0 Å². The maximum absolute atomic E-state index is 3.59. The highest BCUT2D eigenvalue weighted by Crippen LogP contribution is 2.36. The lowest BCUT2D eigenvalue weighted by Crippen LogP contribution is -2.24. The van der Waals surface area contributed by atoms with Crippen LogP contribution in [0.1, 0.15) is 11.1 Å². The number of thioether (sulfide) groups is 1. The van der Waals surface area contributed by atoms with Gasteiger partial charge in [0.05, 0.1) is 0 Å². The molecule has 2 aromatic carbocycles. The molecular formula is C16H16BrNS. The van der Waals surface area contributed by atoms with Gasteiger partial charge in [0.1, 0.15) is 0 Å². The first-order valence-corrected chi connectivity index (χ1v) is 8.19. The molecule has 1 aliphatic heterocycles. The van der Waals surface area contributed by atoms with Crippen LogP contribution < -0.4 is 5.32 Å². The summed E-state index contributed by atoms with van der Waals surface area (Å²) in [6, 6.07) is 17.1. The van der Waals surface area contributed by atoms with Crippen molar-refractivity contribution in [3.05, 3.63) is 64.1 Å². The third-order valence-electron chi connectivity index (χ3n) is 3.36. The van der Waals surface area contributed by atoms with Gasteiger partial charge >= 0.3 is 0 Å². The van der Waals surface area contributed by atoms with Crippen molar-refractivity contribution in [3.63, 3.8) is 0 Å². The number of benzene rings is 2. The normalized spacial score (nSPS) is 17.4. The van der Waals surface area contributed by atoms with Gasteiger partial charge in [-0.1, -0.05) is 52.3 Å². The topological polar surface area (TPSA) is 12.0 Å². The van der Waals surface area contributed by atoms with Crippen molar-refractivity contribution in [2.75, 3.05) is 6.54 Å². The Kier molecular flexibility index (Phi) is 4.26. The van der Waals surface area contributed by atoms with Gasteiger partial charge in [0.2, 0.25) is 0 Å². The molecule has 1 atom stereocenters. The van der Waals surface area contributed by atoms with Gasteiger partial charge in [-0.25, -0.2) is 0 Å². The molecule has 0 saturated carbocycles. The van der Waals surface area contributed by atoms with Crippen molar-refractivity contribution in [1.29, 1.82) is 0 Å².